The van der Waals surface area contributed by atoms with Crippen LogP contribution in [0.15, 0.2) is 110 Å². The van der Waals surface area contributed by atoms with Gasteiger partial charge in [0.1, 0.15) is 20.6 Å². The zero-order valence-corrected chi connectivity index (χ0v) is 29.3. The first-order chi connectivity index (χ1) is 26.8. The van der Waals surface area contributed by atoms with Crippen LogP contribution in [-0.2, 0) is 41.9 Å². The number of aliphatic hydroxyl groups is 2. The Morgan fingerprint density at radius 1 is 0.745 bits per heavy atom. The third-order valence-electron chi connectivity index (χ3n) is 6.49. The Bertz CT molecular complexity index is 1770. The molecule has 3 heterocycles. The lowest BCUT2D eigenvalue weighted by Gasteiger charge is -2.16. The summed E-state index contributed by atoms with van der Waals surface area (Å²) in [6.07, 6.45) is 11.2. The number of terminal acetylenes is 1. The van der Waals surface area contributed by atoms with Crippen molar-refractivity contribution < 1.29 is 60.1 Å². The van der Waals surface area contributed by atoms with Crippen LogP contribution in [-0.4, -0.2) is 96.1 Å². The summed E-state index contributed by atoms with van der Waals surface area (Å²) in [6.45, 7) is -1.09. The van der Waals surface area contributed by atoms with Crippen LogP contribution in [0.25, 0.3) is 0 Å². The second-order valence-corrected chi connectivity index (χ2v) is 10.5. The lowest BCUT2D eigenvalue weighted by molar-refractivity contribution is -0.171. The summed E-state index contributed by atoms with van der Waals surface area (Å²) < 4.78 is 18.4. The number of hydrogen-bond acceptors (Lipinski definition) is 12. The molecule has 5 amide bonds. The number of hydroxylamine groups is 2. The molecule has 0 aliphatic carbocycles. The van der Waals surface area contributed by atoms with Gasteiger partial charge in [-0.15, -0.1) is 12.8 Å². The fraction of sp³-hybridized carbons (Fsp3) is 0.222. The van der Waals surface area contributed by atoms with Gasteiger partial charge in [-0.1, -0.05) is 60.7 Å². The second-order valence-electron chi connectivity index (χ2n) is 10.5. The molecule has 0 unspecified atom stereocenters. The molecule has 294 valence electrons. The Hall–Kier alpha value is -7.14. The van der Waals surface area contributed by atoms with Gasteiger partial charge in [0.05, 0.1) is 13.2 Å². The molecule has 5 rings (SSSR count). The zero-order chi connectivity index (χ0) is 41.7. The Morgan fingerprint density at radius 3 is 1.47 bits per heavy atom. The van der Waals surface area contributed by atoms with Crippen molar-refractivity contribution in [2.45, 2.75) is 38.1 Å². The molecule has 0 spiro atoms. The van der Waals surface area contributed by atoms with Crippen molar-refractivity contribution in [2.75, 3.05) is 24.5 Å². The summed E-state index contributed by atoms with van der Waals surface area (Å²) in [7, 11) is 0. The number of carboxylic acid groups (broad SMARTS) is 1. The minimum atomic E-state index is -1.35. The molecule has 19 heteroatoms. The second kappa shape index (κ2) is 26.6. The van der Waals surface area contributed by atoms with Crippen LogP contribution in [0.3, 0.4) is 0 Å². The van der Waals surface area contributed by atoms with Gasteiger partial charge in [-0.2, -0.15) is 5.06 Å². The molecular formula is C36H43N7O12. The van der Waals surface area contributed by atoms with E-state index in [0.717, 1.165) is 11.1 Å². The van der Waals surface area contributed by atoms with E-state index >= 15 is 0 Å². The number of aromatic nitrogens is 2. The smallest absolute Gasteiger partial charge is 0.408 e. The highest BCUT2D eigenvalue weighted by Gasteiger charge is 2.27. The van der Waals surface area contributed by atoms with E-state index in [9.17, 15) is 33.9 Å². The monoisotopic (exact) mass is 766 g/mol. The van der Waals surface area contributed by atoms with Crippen molar-refractivity contribution in [1.29, 1.82) is 0 Å². The average Bonchev–Trinajstić information content (AvgIpc) is 3.97. The topological polar surface area (TPSA) is 277 Å². The normalized spacial score (nSPS) is 12.3. The van der Waals surface area contributed by atoms with Gasteiger partial charge in [-0.05, 0) is 35.4 Å². The number of hydrogen-bond donors (Lipinski definition) is 8. The maximum atomic E-state index is 11.9. The fourth-order valence-electron chi connectivity index (χ4n) is 3.72. The van der Waals surface area contributed by atoms with Gasteiger partial charge in [0.15, 0.2) is 6.04 Å². The van der Waals surface area contributed by atoms with E-state index in [1.807, 2.05) is 53.8 Å². The van der Waals surface area contributed by atoms with E-state index < -0.39 is 61.2 Å². The first kappa shape index (κ1) is 44.0. The maximum absolute atomic E-state index is 11.9. The van der Waals surface area contributed by atoms with Crippen LogP contribution in [0.4, 0.5) is 9.59 Å². The number of nitrogens with zero attached hydrogens (tertiary/aromatic N) is 3. The average molecular weight is 767 g/mol. The molecular weight excluding hydrogens is 722 g/mol. The Balaban J connectivity index is 0.000000402. The van der Waals surface area contributed by atoms with Gasteiger partial charge in [-0.3, -0.25) is 34.4 Å². The highest BCUT2D eigenvalue weighted by Crippen LogP contribution is 2.07. The molecule has 1 aliphatic heterocycles. The number of amides is 5. The lowest BCUT2D eigenvalue weighted by Crippen LogP contribution is -2.47. The molecule has 0 saturated carbocycles. The third kappa shape index (κ3) is 19.3. The number of rotatable bonds is 11. The van der Waals surface area contributed by atoms with E-state index in [0.29, 0.717) is 0 Å². The van der Waals surface area contributed by atoms with Crippen LogP contribution >= 0.6 is 0 Å². The summed E-state index contributed by atoms with van der Waals surface area (Å²) in [5.74, 6) is 2.32. The van der Waals surface area contributed by atoms with Crippen molar-refractivity contribution >= 4 is 35.9 Å². The van der Waals surface area contributed by atoms with Crippen LogP contribution in [0.5, 0.6) is 0 Å². The summed E-state index contributed by atoms with van der Waals surface area (Å²) in [6, 6.07) is 22.9. The maximum Gasteiger partial charge on any atom is 0.408 e. The first-order valence-corrected chi connectivity index (χ1v) is 16.0. The molecule has 2 aromatic carbocycles. The number of nitrogen functional groups attached to an aromatic ring is 1. The zero-order valence-electron chi connectivity index (χ0n) is 30.3. The fourth-order valence-corrected chi connectivity index (χ4v) is 3.72. The number of alkyl carbamates (subject to hydrolysis) is 2. The number of carbonyl (C=O) groups excluding carboxylic acids is 5. The van der Waals surface area contributed by atoms with E-state index in [1.165, 1.54) is 15.8 Å². The van der Waals surface area contributed by atoms with Crippen molar-refractivity contribution in [3.05, 3.63) is 121 Å². The predicted octanol–water partition coefficient (Wildman–Crippen LogP) is 1.18. The number of nitrogens with one attached hydrogen (secondary N) is 3. The minimum Gasteiger partial charge on any atom is -0.480 e. The molecule has 1 aliphatic rings. The van der Waals surface area contributed by atoms with Gasteiger partial charge in [0.25, 0.3) is 17.7 Å². The molecule has 1 saturated heterocycles. The Labute approximate surface area is 317 Å². The number of ether oxygens (including phenoxy) is 2. The molecule has 19 nitrogen and oxygen atoms in total. The standard InChI is InChI=1S/C15H17N3O4.C11H13NO5.C4H6N2.C4H5NO3.C2H2/c19-10-13(14(20)17-18-8-4-5-9-18)16-15(21)22-11-12-6-2-1-3-7-12;13-6-9(10(14)15)12-11(16)17-7-8-4-2-1-3-5-8;5-6-3-1-2-4-6;6-3-1-2-4(7)5(3)8;1-2/h1-9,13,19H,10-11H2,(H,16,21)(H,17,20);1-5,9,13H,6-7H2,(H,12,16)(H,14,15);1-4H,5H2;8H,1-2H2;1-2H/t13-;9-;;;/m00.../s1/i;;;;1D. The predicted molar refractivity (Wildman–Crippen MR) is 195 cm³/mol. The number of aliphatic carboxylic acids is 1. The van der Waals surface area contributed by atoms with E-state index in [2.05, 4.69) is 17.2 Å². The lowest BCUT2D eigenvalue weighted by atomic mass is 10.2. The van der Waals surface area contributed by atoms with Crippen LogP contribution in [0.1, 0.15) is 25.3 Å². The summed E-state index contributed by atoms with van der Waals surface area (Å²) in [4.78, 5) is 65.7. The largest absolute Gasteiger partial charge is 0.480 e. The van der Waals surface area contributed by atoms with E-state index in [4.69, 9.17) is 32.1 Å². The molecule has 1 fully saturated rings. The molecule has 0 bridgehead atoms. The van der Waals surface area contributed by atoms with Crippen LogP contribution in [0.2, 0.25) is 0 Å². The number of benzene rings is 2. The summed E-state index contributed by atoms with van der Waals surface area (Å²) in [5.41, 5.74) is 4.12. The highest BCUT2D eigenvalue weighted by molar-refractivity contribution is 6.00. The third-order valence-corrected chi connectivity index (χ3v) is 6.49. The van der Waals surface area contributed by atoms with E-state index in [-0.39, 0.29) is 31.1 Å². The molecule has 2 aromatic heterocycles. The van der Waals surface area contributed by atoms with Gasteiger partial charge in [0, 0.05) is 37.6 Å². The molecule has 0 radical (unpaired) electrons. The first-order valence-electron chi connectivity index (χ1n) is 16.5. The number of nitrogens with two attached hydrogens (primary N) is 1. The quantitative estimate of drug-likeness (QED) is 0.0462. The van der Waals surface area contributed by atoms with Crippen molar-refractivity contribution in [3.8, 4) is 12.8 Å². The van der Waals surface area contributed by atoms with Crippen LogP contribution < -0.4 is 21.9 Å². The van der Waals surface area contributed by atoms with Gasteiger partial charge >= 0.3 is 18.2 Å². The number of carboxylic acids is 1. The molecule has 55 heavy (non-hydrogen) atoms. The summed E-state index contributed by atoms with van der Waals surface area (Å²) in [5, 5.41) is 39.4. The Morgan fingerprint density at radius 2 is 1.15 bits per heavy atom. The minimum absolute atomic E-state index is 0.0461. The highest BCUT2D eigenvalue weighted by atomic mass is 16.6. The van der Waals surface area contributed by atoms with E-state index in [1.54, 1.807) is 61.2 Å². The SMILES string of the molecule is Nn1cccc1.O=C(N[C@@H](CO)C(=O)Nn1cccc1)OCc1ccccc1.O=C(N[C@@H](CO)C(=O)O)OCc1ccccc1.O=C1CCC(=O)N1O.[2H]C#C. The summed E-state index contributed by atoms with van der Waals surface area (Å²) >= 11 is 0. The number of aliphatic hydroxyl groups excluding tert-OH is 2. The van der Waals surface area contributed by atoms with Gasteiger partial charge in [-0.25, -0.2) is 14.4 Å². The molecule has 2 atom stereocenters. The number of carbonyl (C=O) groups is 6. The van der Waals surface area contributed by atoms with Crippen molar-refractivity contribution in [3.63, 3.8) is 0 Å². The van der Waals surface area contributed by atoms with Crippen molar-refractivity contribution in [1.82, 2.24) is 25.0 Å². The van der Waals surface area contributed by atoms with Crippen LogP contribution in [0, 0.1) is 12.8 Å². The molecule has 4 aromatic rings. The molecule has 9 N–H and O–H groups in total. The van der Waals surface area contributed by atoms with Gasteiger partial charge < -0.3 is 41.3 Å². The Kier molecular flexibility index (Phi) is 21.3. The van der Waals surface area contributed by atoms with Gasteiger partial charge in [0.2, 0.25) is 0 Å². The van der Waals surface area contributed by atoms with Crippen molar-refractivity contribution in [2.24, 2.45) is 0 Å². The number of imide groups is 1.